The third-order valence-corrected chi connectivity index (χ3v) is 10.4. The summed E-state index contributed by atoms with van der Waals surface area (Å²) in [6.45, 7) is 5.66. The Morgan fingerprint density at radius 1 is 0.540 bits per heavy atom. The van der Waals surface area contributed by atoms with Gasteiger partial charge in [-0.25, -0.2) is 4.57 Å². The number of phosphoric ester groups is 1. The van der Waals surface area contributed by atoms with Crippen LogP contribution in [0.2, 0.25) is 0 Å². The second-order valence-electron chi connectivity index (χ2n) is 15.7. The molecule has 50 heavy (non-hydrogen) atoms. The van der Waals surface area contributed by atoms with Crippen molar-refractivity contribution < 1.29 is 37.3 Å². The van der Waals surface area contributed by atoms with Crippen LogP contribution in [-0.2, 0) is 27.9 Å². The number of hydrogen-bond donors (Lipinski definition) is 1. The second kappa shape index (κ2) is 35.5. The number of hydrogen-bond acceptors (Lipinski definition) is 6. The third-order valence-electron chi connectivity index (χ3n) is 9.42. The lowest BCUT2D eigenvalue weighted by atomic mass is 10.0. The van der Waals surface area contributed by atoms with Gasteiger partial charge < -0.3 is 18.9 Å². The zero-order valence-corrected chi connectivity index (χ0v) is 34.8. The molecular formula is C41H85NO7P+. The van der Waals surface area contributed by atoms with Crippen LogP contribution in [0.15, 0.2) is 0 Å². The van der Waals surface area contributed by atoms with Crippen molar-refractivity contribution in [3.05, 3.63) is 0 Å². The molecule has 0 spiro atoms. The maximum Gasteiger partial charge on any atom is 0.472 e. The highest BCUT2D eigenvalue weighted by Crippen LogP contribution is 2.43. The standard InChI is InChI=1S/C41H84NO7P/c1-6-8-10-12-14-16-18-19-20-21-22-23-24-25-26-28-30-32-34-41(43)49-40(39-48-50(44,45)47-37-35-42(3,4)5)38-46-36-33-31-29-27-17-15-13-11-9-7-2/h40H,6-39H2,1-5H3/p+1. The van der Waals surface area contributed by atoms with Crippen LogP contribution in [0.3, 0.4) is 0 Å². The van der Waals surface area contributed by atoms with Gasteiger partial charge in [-0.2, -0.15) is 0 Å². The molecule has 0 aromatic heterocycles. The lowest BCUT2D eigenvalue weighted by Crippen LogP contribution is -2.37. The van der Waals surface area contributed by atoms with Gasteiger partial charge in [0.25, 0.3) is 0 Å². The highest BCUT2D eigenvalue weighted by Gasteiger charge is 2.26. The van der Waals surface area contributed by atoms with Crippen molar-refractivity contribution in [2.45, 2.75) is 206 Å². The van der Waals surface area contributed by atoms with Gasteiger partial charge in [-0.05, 0) is 12.8 Å². The molecule has 0 aromatic carbocycles. The quantitative estimate of drug-likeness (QED) is 0.0290. The molecule has 8 nitrogen and oxygen atoms in total. The minimum absolute atomic E-state index is 0.0936. The van der Waals surface area contributed by atoms with Crippen molar-refractivity contribution >= 4 is 13.8 Å². The number of esters is 1. The average molecular weight is 735 g/mol. The molecule has 0 saturated carbocycles. The van der Waals surface area contributed by atoms with Gasteiger partial charge in [0.15, 0.2) is 0 Å². The molecule has 0 saturated heterocycles. The zero-order chi connectivity index (χ0) is 37.0. The van der Waals surface area contributed by atoms with Crippen LogP contribution in [0.4, 0.5) is 0 Å². The molecule has 300 valence electrons. The molecule has 0 aliphatic heterocycles. The predicted octanol–water partition coefficient (Wildman–Crippen LogP) is 12.1. The van der Waals surface area contributed by atoms with Crippen LogP contribution >= 0.6 is 7.82 Å². The lowest BCUT2D eigenvalue weighted by molar-refractivity contribution is -0.870. The number of carbonyl (C=O) groups excluding carboxylic acids is 1. The molecule has 0 bridgehead atoms. The highest BCUT2D eigenvalue weighted by molar-refractivity contribution is 7.47. The largest absolute Gasteiger partial charge is 0.472 e. The summed E-state index contributed by atoms with van der Waals surface area (Å²) in [6, 6.07) is 0. The van der Waals surface area contributed by atoms with Gasteiger partial charge in [0.05, 0.1) is 34.4 Å². The highest BCUT2D eigenvalue weighted by atomic mass is 31.2. The molecule has 2 unspecified atom stereocenters. The maximum atomic E-state index is 12.7. The van der Waals surface area contributed by atoms with Crippen molar-refractivity contribution in [2.24, 2.45) is 0 Å². The summed E-state index contributed by atoms with van der Waals surface area (Å²) in [7, 11) is 1.68. The predicted molar refractivity (Wildman–Crippen MR) is 211 cm³/mol. The van der Waals surface area contributed by atoms with Crippen LogP contribution in [0.25, 0.3) is 0 Å². The molecule has 0 rings (SSSR count). The molecule has 0 heterocycles. The number of quaternary nitrogens is 1. The van der Waals surface area contributed by atoms with Crippen LogP contribution in [-0.4, -0.2) is 75.6 Å². The molecule has 0 amide bonds. The lowest BCUT2D eigenvalue weighted by Gasteiger charge is -2.24. The van der Waals surface area contributed by atoms with Gasteiger partial charge in [0.1, 0.15) is 19.3 Å². The SMILES string of the molecule is CCCCCCCCCCCCCCCCCCCCC(=O)OC(COCCCCCCCCCCCC)COP(=O)(O)OCC[N+](C)(C)C. The fourth-order valence-corrected chi connectivity index (χ4v) is 6.82. The topological polar surface area (TPSA) is 91.3 Å². The third kappa shape index (κ3) is 38.7. The van der Waals surface area contributed by atoms with Gasteiger partial charge in [-0.1, -0.05) is 181 Å². The van der Waals surface area contributed by atoms with E-state index in [4.69, 9.17) is 18.5 Å². The molecule has 1 N–H and O–H groups in total. The molecule has 9 heteroatoms. The Bertz CT molecular complexity index is 777. The number of carbonyl (C=O) groups is 1. The van der Waals surface area contributed by atoms with E-state index < -0.39 is 13.9 Å². The van der Waals surface area contributed by atoms with Gasteiger partial charge in [0, 0.05) is 13.0 Å². The first kappa shape index (κ1) is 49.5. The second-order valence-corrected chi connectivity index (χ2v) is 17.2. The number of ether oxygens (including phenoxy) is 2. The summed E-state index contributed by atoms with van der Waals surface area (Å²) in [4.78, 5) is 22.8. The normalized spacial score (nSPS) is 13.8. The van der Waals surface area contributed by atoms with E-state index in [0.29, 0.717) is 24.1 Å². The minimum atomic E-state index is -4.26. The van der Waals surface area contributed by atoms with E-state index >= 15 is 0 Å². The number of likely N-dealkylation sites (N-methyl/N-ethyl adjacent to an activating group) is 1. The Morgan fingerprint density at radius 2 is 0.920 bits per heavy atom. The van der Waals surface area contributed by atoms with Crippen molar-refractivity contribution in [3.63, 3.8) is 0 Å². The molecule has 0 aliphatic carbocycles. The Kier molecular flexibility index (Phi) is 35.2. The molecule has 0 aliphatic rings. The van der Waals surface area contributed by atoms with E-state index in [1.54, 1.807) is 0 Å². The first-order valence-corrected chi connectivity index (χ1v) is 22.8. The number of unbranched alkanes of at least 4 members (excludes halogenated alkanes) is 26. The minimum Gasteiger partial charge on any atom is -0.457 e. The molecule has 0 fully saturated rings. The number of nitrogens with zero attached hydrogens (tertiary/aromatic N) is 1. The van der Waals surface area contributed by atoms with E-state index in [1.807, 2.05) is 21.1 Å². The molecule has 2 atom stereocenters. The van der Waals surface area contributed by atoms with Crippen molar-refractivity contribution in [3.8, 4) is 0 Å². The van der Waals surface area contributed by atoms with Gasteiger partial charge in [0.2, 0.25) is 0 Å². The Labute approximate surface area is 310 Å². The van der Waals surface area contributed by atoms with Crippen molar-refractivity contribution in [1.82, 2.24) is 0 Å². The zero-order valence-electron chi connectivity index (χ0n) is 33.9. The number of rotatable bonds is 40. The summed E-state index contributed by atoms with van der Waals surface area (Å²) >= 11 is 0. The van der Waals surface area contributed by atoms with Crippen LogP contribution in [0.5, 0.6) is 0 Å². The Balaban J connectivity index is 4.15. The van der Waals surface area contributed by atoms with Gasteiger partial charge in [-0.15, -0.1) is 0 Å². The van der Waals surface area contributed by atoms with E-state index in [1.165, 1.54) is 148 Å². The first-order valence-electron chi connectivity index (χ1n) is 21.3. The van der Waals surface area contributed by atoms with Crippen LogP contribution in [0, 0.1) is 0 Å². The summed E-state index contributed by atoms with van der Waals surface area (Å²) in [6.07, 6.45) is 35.6. The monoisotopic (exact) mass is 735 g/mol. The summed E-state index contributed by atoms with van der Waals surface area (Å²) in [5.74, 6) is -0.309. The number of phosphoric acid groups is 1. The fourth-order valence-electron chi connectivity index (χ4n) is 6.08. The van der Waals surface area contributed by atoms with Crippen molar-refractivity contribution in [2.75, 3.05) is 54.1 Å². The summed E-state index contributed by atoms with van der Waals surface area (Å²) in [5.41, 5.74) is 0. The van der Waals surface area contributed by atoms with E-state index in [0.717, 1.165) is 32.1 Å². The van der Waals surface area contributed by atoms with E-state index in [9.17, 15) is 14.3 Å². The Hall–Kier alpha value is -0.500. The molecular weight excluding hydrogens is 649 g/mol. The smallest absolute Gasteiger partial charge is 0.457 e. The average Bonchev–Trinajstić information content (AvgIpc) is 3.06. The fraction of sp³-hybridized carbons (Fsp3) is 0.976. The first-order chi connectivity index (χ1) is 24.1. The molecule has 0 radical (unpaired) electrons. The van der Waals surface area contributed by atoms with E-state index in [-0.39, 0.29) is 25.8 Å². The van der Waals surface area contributed by atoms with Crippen molar-refractivity contribution in [1.29, 1.82) is 0 Å². The van der Waals surface area contributed by atoms with Gasteiger partial charge >= 0.3 is 13.8 Å². The van der Waals surface area contributed by atoms with Crippen LogP contribution in [0.1, 0.15) is 200 Å². The van der Waals surface area contributed by atoms with E-state index in [2.05, 4.69) is 13.8 Å². The summed E-state index contributed by atoms with van der Waals surface area (Å²) in [5, 5.41) is 0. The van der Waals surface area contributed by atoms with Gasteiger partial charge in [-0.3, -0.25) is 13.8 Å². The maximum absolute atomic E-state index is 12.7. The summed E-state index contributed by atoms with van der Waals surface area (Å²) < 4.78 is 34.9. The Morgan fingerprint density at radius 3 is 1.32 bits per heavy atom. The molecule has 0 aromatic rings. The van der Waals surface area contributed by atoms with Crippen LogP contribution < -0.4 is 0 Å².